The second kappa shape index (κ2) is 6.44. The van der Waals surface area contributed by atoms with Crippen molar-refractivity contribution < 1.29 is 4.79 Å². The van der Waals surface area contributed by atoms with E-state index in [2.05, 4.69) is 20.3 Å². The number of ketones is 1. The van der Waals surface area contributed by atoms with Crippen LogP contribution in [0, 0.1) is 0 Å². The molecule has 0 radical (unpaired) electrons. The molecule has 0 unspecified atom stereocenters. The molecule has 0 bridgehead atoms. The maximum absolute atomic E-state index is 11.4. The van der Waals surface area contributed by atoms with E-state index in [1.165, 1.54) is 11.3 Å². The standard InChI is InChI=1S/C16H14N4OS/c1-11(21)13-4-5-14(22-13)15-16(19-8-7-18-15)20-10-12-3-2-6-17-9-12/h2-9H,10H2,1H3,(H,19,20). The summed E-state index contributed by atoms with van der Waals surface area (Å²) in [5, 5.41) is 3.27. The lowest BCUT2D eigenvalue weighted by atomic mass is 10.2. The average Bonchev–Trinajstić information content (AvgIpc) is 3.04. The maximum atomic E-state index is 11.4. The van der Waals surface area contributed by atoms with E-state index in [9.17, 15) is 4.79 Å². The van der Waals surface area contributed by atoms with E-state index in [-0.39, 0.29) is 5.78 Å². The van der Waals surface area contributed by atoms with Crippen molar-refractivity contribution in [3.8, 4) is 10.6 Å². The van der Waals surface area contributed by atoms with Crippen LogP contribution in [-0.2, 0) is 6.54 Å². The van der Waals surface area contributed by atoms with E-state index < -0.39 is 0 Å². The molecule has 3 heterocycles. The van der Waals surface area contributed by atoms with Gasteiger partial charge >= 0.3 is 0 Å². The van der Waals surface area contributed by atoms with Crippen molar-refractivity contribution in [2.45, 2.75) is 13.5 Å². The lowest BCUT2D eigenvalue weighted by Gasteiger charge is -2.08. The summed E-state index contributed by atoms with van der Waals surface area (Å²) in [5.41, 5.74) is 1.82. The van der Waals surface area contributed by atoms with Gasteiger partial charge in [-0.05, 0) is 30.7 Å². The molecule has 3 aromatic rings. The smallest absolute Gasteiger partial charge is 0.169 e. The van der Waals surface area contributed by atoms with E-state index in [0.717, 1.165) is 21.0 Å². The molecule has 5 nitrogen and oxygen atoms in total. The molecule has 3 rings (SSSR count). The molecule has 6 heteroatoms. The summed E-state index contributed by atoms with van der Waals surface area (Å²) in [4.78, 5) is 25.9. The molecule has 0 atom stereocenters. The fourth-order valence-electron chi connectivity index (χ4n) is 1.99. The number of thiophene rings is 1. The molecule has 0 saturated carbocycles. The molecule has 0 amide bonds. The van der Waals surface area contributed by atoms with Gasteiger partial charge in [-0.1, -0.05) is 6.07 Å². The van der Waals surface area contributed by atoms with E-state index in [1.807, 2.05) is 30.5 Å². The molecule has 0 aromatic carbocycles. The van der Waals surface area contributed by atoms with Crippen molar-refractivity contribution in [2.24, 2.45) is 0 Å². The molecule has 22 heavy (non-hydrogen) atoms. The normalized spacial score (nSPS) is 10.4. The highest BCUT2D eigenvalue weighted by Gasteiger charge is 2.12. The molecular weight excluding hydrogens is 296 g/mol. The molecule has 0 aliphatic heterocycles. The van der Waals surface area contributed by atoms with Gasteiger partial charge in [-0.2, -0.15) is 0 Å². The first-order valence-electron chi connectivity index (χ1n) is 6.79. The van der Waals surface area contributed by atoms with Crippen molar-refractivity contribution in [1.82, 2.24) is 15.0 Å². The van der Waals surface area contributed by atoms with Crippen molar-refractivity contribution in [3.63, 3.8) is 0 Å². The Morgan fingerprint density at radius 3 is 2.77 bits per heavy atom. The van der Waals surface area contributed by atoms with Gasteiger partial charge in [0, 0.05) is 31.3 Å². The SMILES string of the molecule is CC(=O)c1ccc(-c2nccnc2NCc2cccnc2)s1. The van der Waals surface area contributed by atoms with Gasteiger partial charge in [0.25, 0.3) is 0 Å². The van der Waals surface area contributed by atoms with Crippen molar-refractivity contribution in [3.05, 3.63) is 59.5 Å². The molecule has 0 spiro atoms. The predicted molar refractivity (Wildman–Crippen MR) is 86.9 cm³/mol. The van der Waals surface area contributed by atoms with Gasteiger partial charge in [0.15, 0.2) is 11.6 Å². The van der Waals surface area contributed by atoms with E-state index in [1.54, 1.807) is 25.5 Å². The Balaban J connectivity index is 1.84. The van der Waals surface area contributed by atoms with Crippen molar-refractivity contribution >= 4 is 22.9 Å². The number of nitrogens with zero attached hydrogens (tertiary/aromatic N) is 3. The summed E-state index contributed by atoms with van der Waals surface area (Å²) in [6, 6.07) is 7.62. The van der Waals surface area contributed by atoms with Crippen LogP contribution in [0.15, 0.2) is 49.1 Å². The highest BCUT2D eigenvalue weighted by molar-refractivity contribution is 7.17. The number of rotatable bonds is 5. The minimum absolute atomic E-state index is 0.0602. The Kier molecular flexibility index (Phi) is 4.20. The number of anilines is 1. The Labute approximate surface area is 132 Å². The topological polar surface area (TPSA) is 67.8 Å². The lowest BCUT2D eigenvalue weighted by molar-refractivity contribution is 0.102. The summed E-state index contributed by atoms with van der Waals surface area (Å²) >= 11 is 1.43. The molecule has 110 valence electrons. The minimum atomic E-state index is 0.0602. The second-order valence-electron chi connectivity index (χ2n) is 4.69. The largest absolute Gasteiger partial charge is 0.364 e. The highest BCUT2D eigenvalue weighted by Crippen LogP contribution is 2.30. The fourth-order valence-corrected chi connectivity index (χ4v) is 2.89. The van der Waals surface area contributed by atoms with Crippen LogP contribution in [0.5, 0.6) is 0 Å². The van der Waals surface area contributed by atoms with Gasteiger partial charge in [-0.25, -0.2) is 9.97 Å². The zero-order valence-electron chi connectivity index (χ0n) is 12.0. The average molecular weight is 310 g/mol. The Morgan fingerprint density at radius 1 is 1.18 bits per heavy atom. The molecule has 0 saturated heterocycles. The number of hydrogen-bond donors (Lipinski definition) is 1. The summed E-state index contributed by atoms with van der Waals surface area (Å²) in [6.45, 7) is 2.18. The predicted octanol–water partition coefficient (Wildman–Crippen LogP) is 3.41. The fraction of sp³-hybridized carbons (Fsp3) is 0.125. The Morgan fingerprint density at radius 2 is 2.05 bits per heavy atom. The highest BCUT2D eigenvalue weighted by atomic mass is 32.1. The maximum Gasteiger partial charge on any atom is 0.169 e. The van der Waals surface area contributed by atoms with Crippen LogP contribution in [0.2, 0.25) is 0 Å². The summed E-state index contributed by atoms with van der Waals surface area (Å²) < 4.78 is 0. The zero-order valence-corrected chi connectivity index (χ0v) is 12.8. The van der Waals surface area contributed by atoms with Crippen LogP contribution in [-0.4, -0.2) is 20.7 Å². The Bertz CT molecular complexity index is 786. The summed E-state index contributed by atoms with van der Waals surface area (Å²) in [7, 11) is 0. The third kappa shape index (κ3) is 3.17. The number of aromatic nitrogens is 3. The zero-order chi connectivity index (χ0) is 15.4. The third-order valence-corrected chi connectivity index (χ3v) is 4.26. The van der Waals surface area contributed by atoms with Gasteiger partial charge in [0.2, 0.25) is 0 Å². The first-order valence-corrected chi connectivity index (χ1v) is 7.60. The molecule has 3 aromatic heterocycles. The van der Waals surface area contributed by atoms with Gasteiger partial charge in [-0.15, -0.1) is 11.3 Å². The monoisotopic (exact) mass is 310 g/mol. The van der Waals surface area contributed by atoms with Crippen LogP contribution in [0.25, 0.3) is 10.6 Å². The van der Waals surface area contributed by atoms with Gasteiger partial charge in [-0.3, -0.25) is 9.78 Å². The van der Waals surface area contributed by atoms with Gasteiger partial charge < -0.3 is 5.32 Å². The number of hydrogen-bond acceptors (Lipinski definition) is 6. The van der Waals surface area contributed by atoms with E-state index >= 15 is 0 Å². The second-order valence-corrected chi connectivity index (χ2v) is 5.77. The van der Waals surface area contributed by atoms with Crippen molar-refractivity contribution in [2.75, 3.05) is 5.32 Å². The third-order valence-electron chi connectivity index (χ3n) is 3.07. The molecule has 1 N–H and O–H groups in total. The quantitative estimate of drug-likeness (QED) is 0.731. The first kappa shape index (κ1) is 14.3. The van der Waals surface area contributed by atoms with Crippen LogP contribution >= 0.6 is 11.3 Å². The first-order chi connectivity index (χ1) is 10.7. The molecule has 0 aliphatic rings. The number of Topliss-reactive ketones (excluding diaryl/α,β-unsaturated/α-hetero) is 1. The molecular formula is C16H14N4OS. The number of nitrogens with one attached hydrogen (secondary N) is 1. The number of pyridine rings is 1. The summed E-state index contributed by atoms with van der Waals surface area (Å²) in [5.74, 6) is 0.758. The number of carbonyl (C=O) groups excluding carboxylic acids is 1. The molecule has 0 aliphatic carbocycles. The van der Waals surface area contributed by atoms with Crippen LogP contribution in [0.4, 0.5) is 5.82 Å². The van der Waals surface area contributed by atoms with Crippen LogP contribution in [0.3, 0.4) is 0 Å². The van der Waals surface area contributed by atoms with E-state index in [4.69, 9.17) is 0 Å². The Hall–Kier alpha value is -2.60. The van der Waals surface area contributed by atoms with Crippen molar-refractivity contribution in [1.29, 1.82) is 0 Å². The van der Waals surface area contributed by atoms with Crippen LogP contribution < -0.4 is 5.32 Å². The van der Waals surface area contributed by atoms with Gasteiger partial charge in [0.1, 0.15) is 5.69 Å². The summed E-state index contributed by atoms with van der Waals surface area (Å²) in [6.07, 6.45) is 6.85. The molecule has 0 fully saturated rings. The number of carbonyl (C=O) groups is 1. The van der Waals surface area contributed by atoms with Gasteiger partial charge in [0.05, 0.1) is 9.75 Å². The lowest BCUT2D eigenvalue weighted by Crippen LogP contribution is -2.03. The van der Waals surface area contributed by atoms with E-state index in [0.29, 0.717) is 12.4 Å². The van der Waals surface area contributed by atoms with Crippen LogP contribution in [0.1, 0.15) is 22.2 Å². The minimum Gasteiger partial charge on any atom is -0.364 e.